The average Bonchev–Trinajstić information content (AvgIpc) is 2.32. The number of rotatable bonds is 2. The van der Waals surface area contributed by atoms with Crippen molar-refractivity contribution in [2.45, 2.75) is 19.4 Å². The van der Waals surface area contributed by atoms with Gasteiger partial charge in [0.1, 0.15) is 5.60 Å². The fraction of sp³-hybridized carbons (Fsp3) is 0.200. The highest BCUT2D eigenvalue weighted by Gasteiger charge is 2.26. The van der Waals surface area contributed by atoms with E-state index in [0.29, 0.717) is 11.1 Å². The van der Waals surface area contributed by atoms with Crippen LogP contribution >= 0.6 is 0 Å². The molecule has 1 aromatic carbocycles. The summed E-state index contributed by atoms with van der Waals surface area (Å²) in [6.45, 7) is 3.56. The summed E-state index contributed by atoms with van der Waals surface area (Å²) in [7, 11) is 0. The molecule has 1 aliphatic rings. The lowest BCUT2D eigenvalue weighted by atomic mass is 10.00. The summed E-state index contributed by atoms with van der Waals surface area (Å²) in [4.78, 5) is 22.9. The molecule has 0 radical (unpaired) electrons. The van der Waals surface area contributed by atoms with E-state index in [4.69, 9.17) is 9.84 Å². The van der Waals surface area contributed by atoms with E-state index in [0.717, 1.165) is 0 Å². The van der Waals surface area contributed by atoms with E-state index in [9.17, 15) is 9.59 Å². The quantitative estimate of drug-likeness (QED) is 0.654. The Balaban J connectivity index is 2.43. The molecule has 0 spiro atoms. The lowest BCUT2D eigenvalue weighted by Gasteiger charge is -2.25. The highest BCUT2D eigenvalue weighted by Crippen LogP contribution is 2.23. The Kier molecular flexibility index (Phi) is 3.25. The molecule has 0 aromatic heterocycles. The van der Waals surface area contributed by atoms with Crippen molar-refractivity contribution >= 4 is 18.0 Å². The third-order valence-electron chi connectivity index (χ3n) is 2.76. The van der Waals surface area contributed by atoms with Gasteiger partial charge in [-0.2, -0.15) is 0 Å². The van der Waals surface area contributed by atoms with Crippen molar-refractivity contribution in [2.75, 3.05) is 0 Å². The van der Waals surface area contributed by atoms with Crippen LogP contribution in [0.4, 0.5) is 0 Å². The topological polar surface area (TPSA) is 63.6 Å². The molecular weight excluding hydrogens is 244 g/mol. The predicted molar refractivity (Wildman–Crippen MR) is 70.7 cm³/mol. The first-order valence-corrected chi connectivity index (χ1v) is 5.86. The molecule has 4 heteroatoms. The predicted octanol–water partition coefficient (Wildman–Crippen LogP) is 2.66. The molecule has 4 nitrogen and oxygen atoms in total. The van der Waals surface area contributed by atoms with E-state index in [1.165, 1.54) is 12.1 Å². The number of esters is 1. The van der Waals surface area contributed by atoms with Crippen molar-refractivity contribution < 1.29 is 19.4 Å². The van der Waals surface area contributed by atoms with Gasteiger partial charge in [-0.1, -0.05) is 18.2 Å². The van der Waals surface area contributed by atoms with E-state index >= 15 is 0 Å². The number of aromatic carboxylic acids is 1. The number of hydrogen-bond donors (Lipinski definition) is 1. The van der Waals surface area contributed by atoms with Gasteiger partial charge in [0.05, 0.1) is 11.1 Å². The minimum Gasteiger partial charge on any atom is -0.478 e. The maximum absolute atomic E-state index is 11.8. The van der Waals surface area contributed by atoms with Gasteiger partial charge in [-0.25, -0.2) is 9.59 Å². The molecule has 1 heterocycles. The highest BCUT2D eigenvalue weighted by molar-refractivity contribution is 6.00. The van der Waals surface area contributed by atoms with Crippen LogP contribution in [0, 0.1) is 0 Å². The lowest BCUT2D eigenvalue weighted by molar-refractivity contribution is -0.148. The molecule has 0 bridgehead atoms. The maximum Gasteiger partial charge on any atom is 0.338 e. The monoisotopic (exact) mass is 258 g/mol. The third kappa shape index (κ3) is 2.91. The summed E-state index contributed by atoms with van der Waals surface area (Å²) in [5, 5.41) is 9.08. The van der Waals surface area contributed by atoms with Gasteiger partial charge in [0.2, 0.25) is 0 Å². The highest BCUT2D eigenvalue weighted by atomic mass is 16.6. The van der Waals surface area contributed by atoms with Crippen LogP contribution in [0.1, 0.15) is 29.8 Å². The Labute approximate surface area is 111 Å². The van der Waals surface area contributed by atoms with Gasteiger partial charge in [0.15, 0.2) is 0 Å². The number of carbonyl (C=O) groups is 2. The number of carboxylic acid groups (broad SMARTS) is 1. The second-order valence-electron chi connectivity index (χ2n) is 4.82. The third-order valence-corrected chi connectivity index (χ3v) is 2.76. The van der Waals surface area contributed by atoms with Crippen LogP contribution < -0.4 is 0 Å². The van der Waals surface area contributed by atoms with Gasteiger partial charge in [0.25, 0.3) is 0 Å². The first-order valence-electron chi connectivity index (χ1n) is 5.86. The minimum absolute atomic E-state index is 0.154. The van der Waals surface area contributed by atoms with E-state index in [-0.39, 0.29) is 5.56 Å². The van der Waals surface area contributed by atoms with Gasteiger partial charge < -0.3 is 9.84 Å². The molecule has 1 aliphatic heterocycles. The zero-order valence-electron chi connectivity index (χ0n) is 10.7. The summed E-state index contributed by atoms with van der Waals surface area (Å²) in [5.41, 5.74) is 0.348. The zero-order valence-corrected chi connectivity index (χ0v) is 10.7. The zero-order chi connectivity index (χ0) is 14.0. The SMILES string of the molecule is CC1(C)C=CC(=Cc2ccccc2C(=O)O)C(=O)O1. The number of carboxylic acids is 1. The molecule has 0 atom stereocenters. The Morgan fingerprint density at radius 2 is 2.00 bits per heavy atom. The largest absolute Gasteiger partial charge is 0.478 e. The van der Waals surface area contributed by atoms with Crippen LogP contribution in [0.3, 0.4) is 0 Å². The van der Waals surface area contributed by atoms with Crippen molar-refractivity contribution in [3.05, 3.63) is 53.1 Å². The second kappa shape index (κ2) is 4.72. The molecule has 98 valence electrons. The smallest absolute Gasteiger partial charge is 0.338 e. The normalized spacial score (nSPS) is 19.3. The van der Waals surface area contributed by atoms with E-state index < -0.39 is 17.5 Å². The maximum atomic E-state index is 11.8. The van der Waals surface area contributed by atoms with Gasteiger partial charge in [0, 0.05) is 0 Å². The van der Waals surface area contributed by atoms with E-state index in [2.05, 4.69) is 0 Å². The summed E-state index contributed by atoms with van der Waals surface area (Å²) in [5.74, 6) is -1.48. The number of cyclic esters (lactones) is 1. The standard InChI is InChI=1S/C15H14O4/c1-15(2)8-7-11(14(18)19-15)9-10-5-3-4-6-12(10)13(16)17/h3-9H,1-2H3,(H,16,17). The van der Waals surface area contributed by atoms with E-state index in [1.54, 1.807) is 44.2 Å². The molecule has 0 saturated carbocycles. The molecule has 0 fully saturated rings. The van der Waals surface area contributed by atoms with Gasteiger partial charge in [-0.15, -0.1) is 0 Å². The first kappa shape index (κ1) is 13.1. The second-order valence-corrected chi connectivity index (χ2v) is 4.82. The number of hydrogen-bond acceptors (Lipinski definition) is 3. The molecule has 19 heavy (non-hydrogen) atoms. The van der Waals surface area contributed by atoms with Crippen molar-refractivity contribution in [2.24, 2.45) is 0 Å². The summed E-state index contributed by atoms with van der Waals surface area (Å²) >= 11 is 0. The van der Waals surface area contributed by atoms with Gasteiger partial charge >= 0.3 is 11.9 Å². The molecule has 0 unspecified atom stereocenters. The Bertz CT molecular complexity index is 594. The molecule has 2 rings (SSSR count). The molecule has 0 saturated heterocycles. The molecule has 1 aromatic rings. The fourth-order valence-corrected chi connectivity index (χ4v) is 1.78. The van der Waals surface area contributed by atoms with Crippen LogP contribution in [-0.2, 0) is 9.53 Å². The van der Waals surface area contributed by atoms with Crippen LogP contribution in [0.2, 0.25) is 0 Å². The van der Waals surface area contributed by atoms with Gasteiger partial charge in [-0.05, 0) is 43.7 Å². The molecule has 1 N–H and O–H groups in total. The van der Waals surface area contributed by atoms with Gasteiger partial charge in [-0.3, -0.25) is 0 Å². The Morgan fingerprint density at radius 1 is 1.32 bits per heavy atom. The van der Waals surface area contributed by atoms with Crippen molar-refractivity contribution in [3.8, 4) is 0 Å². The fourth-order valence-electron chi connectivity index (χ4n) is 1.78. The number of carbonyl (C=O) groups excluding carboxylic acids is 1. The van der Waals surface area contributed by atoms with Crippen LogP contribution in [-0.4, -0.2) is 22.6 Å². The first-order chi connectivity index (χ1) is 8.89. The lowest BCUT2D eigenvalue weighted by Crippen LogP contribution is -2.29. The van der Waals surface area contributed by atoms with Crippen molar-refractivity contribution in [1.29, 1.82) is 0 Å². The van der Waals surface area contributed by atoms with E-state index in [1.807, 2.05) is 0 Å². The van der Waals surface area contributed by atoms with Crippen LogP contribution in [0.5, 0.6) is 0 Å². The summed E-state index contributed by atoms with van der Waals surface area (Å²) in [6, 6.07) is 6.51. The Morgan fingerprint density at radius 3 is 2.63 bits per heavy atom. The number of ether oxygens (including phenoxy) is 1. The molecule has 0 aliphatic carbocycles. The summed E-state index contributed by atoms with van der Waals surface area (Å²) < 4.78 is 5.22. The Hall–Kier alpha value is -2.36. The number of benzene rings is 1. The molecular formula is C15H14O4. The van der Waals surface area contributed by atoms with Crippen LogP contribution in [0.25, 0.3) is 6.08 Å². The van der Waals surface area contributed by atoms with Crippen molar-refractivity contribution in [3.63, 3.8) is 0 Å². The van der Waals surface area contributed by atoms with Crippen molar-refractivity contribution in [1.82, 2.24) is 0 Å². The average molecular weight is 258 g/mol. The van der Waals surface area contributed by atoms with Crippen LogP contribution in [0.15, 0.2) is 42.0 Å². The minimum atomic E-state index is -1.03. The summed E-state index contributed by atoms with van der Waals surface area (Å²) in [6.07, 6.45) is 4.95. The molecule has 0 amide bonds.